The predicted octanol–water partition coefficient (Wildman–Crippen LogP) is 3.12. The highest BCUT2D eigenvalue weighted by atomic mass is 35.5. The van der Waals surface area contributed by atoms with Gasteiger partial charge in [-0.1, -0.05) is 23.7 Å². The van der Waals surface area contributed by atoms with E-state index >= 15 is 0 Å². The quantitative estimate of drug-likeness (QED) is 0.688. The zero-order chi connectivity index (χ0) is 22.7. The summed E-state index contributed by atoms with van der Waals surface area (Å²) in [5.41, 5.74) is 1.98. The average molecular weight is 460 g/mol. The smallest absolute Gasteiger partial charge is 0.409 e. The zero-order valence-electron chi connectivity index (χ0n) is 17.8. The van der Waals surface area contributed by atoms with Crippen molar-refractivity contribution in [2.24, 2.45) is 0 Å². The number of aliphatic hydroxyl groups is 1. The Bertz CT molecular complexity index is 976. The van der Waals surface area contributed by atoms with Gasteiger partial charge in [0.05, 0.1) is 13.2 Å². The number of hydrogen-bond acceptors (Lipinski definition) is 6. The van der Waals surface area contributed by atoms with E-state index in [0.717, 1.165) is 11.1 Å². The van der Waals surface area contributed by atoms with Gasteiger partial charge in [0.15, 0.2) is 0 Å². The summed E-state index contributed by atoms with van der Waals surface area (Å²) >= 11 is 5.90. The monoisotopic (exact) mass is 459 g/mol. The average Bonchev–Trinajstić information content (AvgIpc) is 3.54. The highest BCUT2D eigenvalue weighted by molar-refractivity contribution is 6.30. The lowest BCUT2D eigenvalue weighted by Crippen LogP contribution is -2.41. The van der Waals surface area contributed by atoms with Crippen LogP contribution in [0.2, 0.25) is 5.02 Å². The van der Waals surface area contributed by atoms with Gasteiger partial charge in [-0.25, -0.2) is 4.79 Å². The summed E-state index contributed by atoms with van der Waals surface area (Å²) in [4.78, 5) is 30.3. The van der Waals surface area contributed by atoms with Gasteiger partial charge in [-0.2, -0.15) is 0 Å². The Morgan fingerprint density at radius 2 is 1.94 bits per heavy atom. The molecular weight excluding hydrogens is 434 g/mol. The number of carbonyl (C=O) groups excluding carboxylic acids is 2. The second-order valence-electron chi connectivity index (χ2n) is 8.10. The van der Waals surface area contributed by atoms with Crippen LogP contribution in [0.3, 0.4) is 0 Å². The number of amides is 2. The summed E-state index contributed by atoms with van der Waals surface area (Å²) in [6.07, 6.45) is 2.74. The summed E-state index contributed by atoms with van der Waals surface area (Å²) in [6, 6.07) is 8.89. The first kappa shape index (κ1) is 22.4. The summed E-state index contributed by atoms with van der Waals surface area (Å²) in [5, 5.41) is 13.4. The molecule has 170 valence electrons. The minimum atomic E-state index is -0.412. The summed E-state index contributed by atoms with van der Waals surface area (Å²) in [5.74, 6) is 0.224. The van der Waals surface area contributed by atoms with E-state index < -0.39 is 6.10 Å². The number of benzene rings is 1. The van der Waals surface area contributed by atoms with Crippen molar-refractivity contribution < 1.29 is 24.2 Å². The molecule has 2 amide bonds. The number of likely N-dealkylation sites (tertiary alicyclic amines) is 1. The number of nitrogens with zero attached hydrogens (tertiary/aromatic N) is 2. The molecule has 2 unspecified atom stereocenters. The maximum absolute atomic E-state index is 12.7. The standard InChI is InChI=1S/C23H26ClN3O5/c1-31-23(30)27-8-6-16(7-9-27)32-21-11-19(25-13-18(21)17-10-20(17)28)22(29)26-12-14-2-4-15(24)5-3-14/h2-5,11,13,16-17,20,28H,6-10,12H2,1H3,(H,26,29). The van der Waals surface area contributed by atoms with Crippen molar-refractivity contribution in [1.29, 1.82) is 0 Å². The van der Waals surface area contributed by atoms with Gasteiger partial charge in [-0.05, 0) is 24.1 Å². The fraction of sp³-hybridized carbons (Fsp3) is 0.435. The Hall–Kier alpha value is -2.84. The van der Waals surface area contributed by atoms with Crippen LogP contribution >= 0.6 is 11.6 Å². The van der Waals surface area contributed by atoms with Crippen LogP contribution in [0.15, 0.2) is 36.5 Å². The Morgan fingerprint density at radius 3 is 2.56 bits per heavy atom. The number of carbonyl (C=O) groups is 2. The molecule has 0 bridgehead atoms. The lowest BCUT2D eigenvalue weighted by atomic mass is 10.1. The minimum absolute atomic E-state index is 0.0289. The van der Waals surface area contributed by atoms with E-state index in [2.05, 4.69) is 10.3 Å². The third-order valence-corrected chi connectivity index (χ3v) is 6.07. The minimum Gasteiger partial charge on any atom is -0.490 e. The molecule has 2 aromatic rings. The van der Waals surface area contributed by atoms with Crippen LogP contribution in [-0.2, 0) is 11.3 Å². The molecule has 9 heteroatoms. The molecule has 1 aromatic heterocycles. The predicted molar refractivity (Wildman–Crippen MR) is 118 cm³/mol. The number of halogens is 1. The van der Waals surface area contributed by atoms with Gasteiger partial charge in [0.1, 0.15) is 17.5 Å². The molecule has 1 aromatic carbocycles. The third kappa shape index (κ3) is 5.31. The van der Waals surface area contributed by atoms with Crippen LogP contribution in [0, 0.1) is 0 Å². The van der Waals surface area contributed by atoms with E-state index in [1.807, 2.05) is 12.1 Å². The number of ether oxygens (including phenoxy) is 2. The molecule has 32 heavy (non-hydrogen) atoms. The van der Waals surface area contributed by atoms with Crippen LogP contribution in [0.4, 0.5) is 4.79 Å². The third-order valence-electron chi connectivity index (χ3n) is 5.82. The number of rotatable bonds is 6. The van der Waals surface area contributed by atoms with Gasteiger partial charge in [0.25, 0.3) is 5.91 Å². The van der Waals surface area contributed by atoms with Crippen LogP contribution in [0.5, 0.6) is 5.75 Å². The number of aliphatic hydroxyl groups excluding tert-OH is 1. The van der Waals surface area contributed by atoms with Gasteiger partial charge in [0, 0.05) is 61.2 Å². The summed E-state index contributed by atoms with van der Waals surface area (Å²) in [6.45, 7) is 1.43. The Balaban J connectivity index is 1.43. The number of pyridine rings is 1. The van der Waals surface area contributed by atoms with Crippen LogP contribution < -0.4 is 10.1 Å². The Kier molecular flexibility index (Phi) is 6.81. The molecule has 0 radical (unpaired) electrons. The molecule has 4 rings (SSSR count). The first-order chi connectivity index (χ1) is 15.4. The van der Waals surface area contributed by atoms with E-state index in [-0.39, 0.29) is 29.7 Å². The number of aromatic nitrogens is 1. The van der Waals surface area contributed by atoms with E-state index in [4.69, 9.17) is 21.1 Å². The lowest BCUT2D eigenvalue weighted by molar-refractivity contribution is 0.0782. The first-order valence-electron chi connectivity index (χ1n) is 10.6. The van der Waals surface area contributed by atoms with Crippen molar-refractivity contribution in [1.82, 2.24) is 15.2 Å². The van der Waals surface area contributed by atoms with Crippen molar-refractivity contribution >= 4 is 23.6 Å². The topological polar surface area (TPSA) is 101 Å². The molecule has 1 saturated heterocycles. The molecule has 2 fully saturated rings. The number of hydrogen-bond donors (Lipinski definition) is 2. The highest BCUT2D eigenvalue weighted by Gasteiger charge is 2.39. The van der Waals surface area contributed by atoms with E-state index in [9.17, 15) is 14.7 Å². The molecule has 2 atom stereocenters. The SMILES string of the molecule is COC(=O)N1CCC(Oc2cc(C(=O)NCc3ccc(Cl)cc3)ncc2C2CC2O)CC1. The summed E-state index contributed by atoms with van der Waals surface area (Å²) in [7, 11) is 1.37. The highest BCUT2D eigenvalue weighted by Crippen LogP contribution is 2.45. The van der Waals surface area contributed by atoms with Crippen molar-refractivity contribution in [3.8, 4) is 5.75 Å². The molecule has 1 saturated carbocycles. The van der Waals surface area contributed by atoms with E-state index in [1.165, 1.54) is 7.11 Å². The molecule has 1 aliphatic carbocycles. The largest absolute Gasteiger partial charge is 0.490 e. The van der Waals surface area contributed by atoms with Crippen molar-refractivity contribution in [2.45, 2.75) is 43.9 Å². The van der Waals surface area contributed by atoms with Crippen molar-refractivity contribution in [2.75, 3.05) is 20.2 Å². The Morgan fingerprint density at radius 1 is 1.25 bits per heavy atom. The normalized spacial score (nSPS) is 20.5. The van der Waals surface area contributed by atoms with Gasteiger partial charge < -0.3 is 24.8 Å². The number of piperidine rings is 1. The van der Waals surface area contributed by atoms with E-state index in [1.54, 1.807) is 29.3 Å². The molecule has 2 aliphatic rings. The number of methoxy groups -OCH3 is 1. The molecule has 0 spiro atoms. The summed E-state index contributed by atoms with van der Waals surface area (Å²) < 4.78 is 11.0. The molecule has 2 N–H and O–H groups in total. The van der Waals surface area contributed by atoms with Crippen LogP contribution in [0.25, 0.3) is 0 Å². The Labute approximate surface area is 191 Å². The lowest BCUT2D eigenvalue weighted by Gasteiger charge is -2.31. The number of nitrogens with one attached hydrogen (secondary N) is 1. The van der Waals surface area contributed by atoms with Crippen molar-refractivity contribution in [3.63, 3.8) is 0 Å². The first-order valence-corrected chi connectivity index (χ1v) is 11.0. The maximum Gasteiger partial charge on any atom is 0.409 e. The zero-order valence-corrected chi connectivity index (χ0v) is 18.5. The molecule has 1 aliphatic heterocycles. The second kappa shape index (κ2) is 9.75. The van der Waals surface area contributed by atoms with Gasteiger partial charge in [-0.3, -0.25) is 9.78 Å². The molecule has 8 nitrogen and oxygen atoms in total. The van der Waals surface area contributed by atoms with Gasteiger partial charge in [-0.15, -0.1) is 0 Å². The molecular formula is C23H26ClN3O5. The fourth-order valence-corrected chi connectivity index (χ4v) is 3.93. The van der Waals surface area contributed by atoms with Gasteiger partial charge in [0.2, 0.25) is 0 Å². The molecule has 2 heterocycles. The van der Waals surface area contributed by atoms with Crippen LogP contribution in [0.1, 0.15) is 46.8 Å². The van der Waals surface area contributed by atoms with E-state index in [0.29, 0.717) is 49.7 Å². The fourth-order valence-electron chi connectivity index (χ4n) is 3.81. The second-order valence-corrected chi connectivity index (χ2v) is 8.54. The van der Waals surface area contributed by atoms with Crippen molar-refractivity contribution in [3.05, 3.63) is 58.4 Å². The van der Waals surface area contributed by atoms with Gasteiger partial charge >= 0.3 is 6.09 Å². The van der Waals surface area contributed by atoms with Crippen LogP contribution in [-0.4, -0.2) is 59.4 Å². The maximum atomic E-state index is 12.7.